The molecule has 1 unspecified atom stereocenters. The van der Waals surface area contributed by atoms with E-state index < -0.39 is 40.8 Å². The Bertz CT molecular complexity index is 1110. The summed E-state index contributed by atoms with van der Waals surface area (Å²) in [7, 11) is 0. The second kappa shape index (κ2) is 9.07. The number of imide groups is 1. The fraction of sp³-hybridized carbons (Fsp3) is 0.273. The van der Waals surface area contributed by atoms with Gasteiger partial charge in [0.2, 0.25) is 5.91 Å². The molecule has 2 aromatic carbocycles. The van der Waals surface area contributed by atoms with Gasteiger partial charge in [0.05, 0.1) is 16.6 Å². The Balaban J connectivity index is 1.66. The van der Waals surface area contributed by atoms with E-state index in [2.05, 4.69) is 10.6 Å². The van der Waals surface area contributed by atoms with Crippen LogP contribution in [0.2, 0.25) is 0 Å². The summed E-state index contributed by atoms with van der Waals surface area (Å²) < 4.78 is 5.10. The summed E-state index contributed by atoms with van der Waals surface area (Å²) in [4.78, 5) is 60.7. The fourth-order valence-electron chi connectivity index (χ4n) is 3.27. The number of ether oxygens (including phenoxy) is 1. The molecule has 11 nitrogen and oxygen atoms in total. The molecule has 1 fully saturated rings. The zero-order valence-corrected chi connectivity index (χ0v) is 18.2. The highest BCUT2D eigenvalue weighted by molar-refractivity contribution is 6.10. The lowest BCUT2D eigenvalue weighted by Crippen LogP contribution is -2.42. The molecule has 0 spiro atoms. The highest BCUT2D eigenvalue weighted by atomic mass is 16.6. The van der Waals surface area contributed by atoms with Crippen molar-refractivity contribution in [2.45, 2.75) is 32.4 Å². The number of esters is 1. The molecule has 2 N–H and O–H groups in total. The first-order chi connectivity index (χ1) is 15.5. The summed E-state index contributed by atoms with van der Waals surface area (Å²) in [6.45, 7) is 4.38. The standard InChI is InChI=1S/C22H22N4O7/c1-13(2)33-19(28)14-4-8-16(9-5-14)23-18(27)12-25-20(29)22(3,24-21(25)30)15-6-10-17(11-7-15)26(31)32/h4-11,13H,12H2,1-3H3,(H,23,27)(H,24,30). The number of non-ortho nitro benzene ring substituents is 1. The minimum atomic E-state index is -1.47. The number of hydrogen-bond donors (Lipinski definition) is 2. The van der Waals surface area contributed by atoms with Gasteiger partial charge in [-0.2, -0.15) is 0 Å². The van der Waals surface area contributed by atoms with Gasteiger partial charge in [0, 0.05) is 17.8 Å². The molecule has 1 atom stereocenters. The highest BCUT2D eigenvalue weighted by Gasteiger charge is 2.49. The molecule has 0 radical (unpaired) electrons. The summed E-state index contributed by atoms with van der Waals surface area (Å²) in [6.07, 6.45) is -0.266. The van der Waals surface area contributed by atoms with E-state index in [0.717, 1.165) is 4.90 Å². The molecule has 1 heterocycles. The molecule has 1 aliphatic heterocycles. The number of hydrogen-bond acceptors (Lipinski definition) is 7. The third-order valence-electron chi connectivity index (χ3n) is 4.98. The van der Waals surface area contributed by atoms with Gasteiger partial charge in [-0.05, 0) is 62.7 Å². The minimum Gasteiger partial charge on any atom is -0.459 e. The molecule has 1 aliphatic rings. The van der Waals surface area contributed by atoms with E-state index in [1.165, 1.54) is 55.5 Å². The molecule has 11 heteroatoms. The lowest BCUT2D eigenvalue weighted by molar-refractivity contribution is -0.384. The summed E-state index contributed by atoms with van der Waals surface area (Å²) in [5, 5.41) is 15.9. The molecule has 0 aromatic heterocycles. The minimum absolute atomic E-state index is 0.154. The van der Waals surface area contributed by atoms with Crippen LogP contribution >= 0.6 is 0 Å². The molecular weight excluding hydrogens is 432 g/mol. The molecule has 0 bridgehead atoms. The number of nitrogens with zero attached hydrogens (tertiary/aromatic N) is 2. The van der Waals surface area contributed by atoms with E-state index in [1.54, 1.807) is 13.8 Å². The Labute approximate surface area is 188 Å². The Morgan fingerprint density at radius 1 is 1.12 bits per heavy atom. The predicted octanol–water partition coefficient (Wildman–Crippen LogP) is 2.57. The lowest BCUT2D eigenvalue weighted by atomic mass is 9.92. The van der Waals surface area contributed by atoms with Crippen LogP contribution in [0.5, 0.6) is 0 Å². The third kappa shape index (κ3) is 4.97. The van der Waals surface area contributed by atoms with Gasteiger partial charge < -0.3 is 15.4 Å². The topological polar surface area (TPSA) is 148 Å². The Morgan fingerprint density at radius 3 is 2.27 bits per heavy atom. The summed E-state index contributed by atoms with van der Waals surface area (Å²) in [5.41, 5.74) is -0.594. The molecule has 0 saturated carbocycles. The number of nitrogens with one attached hydrogen (secondary N) is 2. The fourth-order valence-corrected chi connectivity index (χ4v) is 3.27. The molecule has 172 valence electrons. The molecule has 3 rings (SSSR count). The van der Waals surface area contributed by atoms with Crippen LogP contribution in [0.4, 0.5) is 16.2 Å². The van der Waals surface area contributed by atoms with Crippen LogP contribution in [0.15, 0.2) is 48.5 Å². The van der Waals surface area contributed by atoms with Crippen molar-refractivity contribution in [2.75, 3.05) is 11.9 Å². The van der Waals surface area contributed by atoms with Gasteiger partial charge in [-0.25, -0.2) is 9.59 Å². The summed E-state index contributed by atoms with van der Waals surface area (Å²) in [6, 6.07) is 10.4. The molecule has 1 saturated heterocycles. The number of carbonyl (C=O) groups excluding carboxylic acids is 4. The van der Waals surface area contributed by atoms with Crippen molar-refractivity contribution < 1.29 is 28.8 Å². The second-order valence-electron chi connectivity index (χ2n) is 7.83. The Kier molecular flexibility index (Phi) is 6.43. The second-order valence-corrected chi connectivity index (χ2v) is 7.83. The largest absolute Gasteiger partial charge is 0.459 e. The van der Waals surface area contributed by atoms with Crippen molar-refractivity contribution in [3.63, 3.8) is 0 Å². The van der Waals surface area contributed by atoms with Crippen LogP contribution in [-0.4, -0.2) is 46.3 Å². The van der Waals surface area contributed by atoms with Crippen molar-refractivity contribution in [1.82, 2.24) is 10.2 Å². The zero-order valence-electron chi connectivity index (χ0n) is 18.2. The number of nitro benzene ring substituents is 1. The van der Waals surface area contributed by atoms with Gasteiger partial charge in [0.25, 0.3) is 11.6 Å². The first kappa shape index (κ1) is 23.4. The number of rotatable bonds is 7. The zero-order chi connectivity index (χ0) is 24.3. The van der Waals surface area contributed by atoms with Crippen LogP contribution in [0.3, 0.4) is 0 Å². The van der Waals surface area contributed by atoms with Crippen molar-refractivity contribution in [3.8, 4) is 0 Å². The van der Waals surface area contributed by atoms with Gasteiger partial charge in [-0.1, -0.05) is 0 Å². The summed E-state index contributed by atoms with van der Waals surface area (Å²) in [5.74, 6) is -1.78. The van der Waals surface area contributed by atoms with E-state index in [9.17, 15) is 29.3 Å². The van der Waals surface area contributed by atoms with Crippen molar-refractivity contribution in [3.05, 3.63) is 69.8 Å². The first-order valence-corrected chi connectivity index (χ1v) is 10.0. The van der Waals surface area contributed by atoms with E-state index >= 15 is 0 Å². The normalized spacial score (nSPS) is 17.6. The number of carbonyl (C=O) groups is 4. The maximum Gasteiger partial charge on any atom is 0.338 e. The maximum absolute atomic E-state index is 12.9. The van der Waals surface area contributed by atoms with Crippen LogP contribution in [0.1, 0.15) is 36.7 Å². The van der Waals surface area contributed by atoms with E-state index in [4.69, 9.17) is 4.74 Å². The van der Waals surface area contributed by atoms with Crippen molar-refractivity contribution >= 4 is 35.2 Å². The number of anilines is 1. The maximum atomic E-state index is 12.9. The predicted molar refractivity (Wildman–Crippen MR) is 116 cm³/mol. The SMILES string of the molecule is CC(C)OC(=O)c1ccc(NC(=O)CN2C(=O)NC(C)(c3ccc([N+](=O)[O-])cc3)C2=O)cc1. The van der Waals surface area contributed by atoms with E-state index in [0.29, 0.717) is 16.8 Å². The molecular formula is C22H22N4O7. The van der Waals surface area contributed by atoms with Gasteiger partial charge in [0.1, 0.15) is 12.1 Å². The molecule has 4 amide bonds. The molecule has 33 heavy (non-hydrogen) atoms. The average Bonchev–Trinajstić information content (AvgIpc) is 2.97. The number of urea groups is 1. The van der Waals surface area contributed by atoms with Crippen LogP contribution < -0.4 is 10.6 Å². The molecule has 0 aliphatic carbocycles. The smallest absolute Gasteiger partial charge is 0.338 e. The van der Waals surface area contributed by atoms with Gasteiger partial charge in [-0.3, -0.25) is 24.6 Å². The number of nitro groups is 1. The van der Waals surface area contributed by atoms with Crippen molar-refractivity contribution in [2.24, 2.45) is 0 Å². The van der Waals surface area contributed by atoms with Gasteiger partial charge in [0.15, 0.2) is 0 Å². The van der Waals surface area contributed by atoms with E-state index in [1.807, 2.05) is 0 Å². The quantitative estimate of drug-likeness (QED) is 0.283. The van der Waals surface area contributed by atoms with Crippen LogP contribution in [0, 0.1) is 10.1 Å². The monoisotopic (exact) mass is 454 g/mol. The van der Waals surface area contributed by atoms with E-state index in [-0.39, 0.29) is 11.8 Å². The van der Waals surface area contributed by atoms with Crippen LogP contribution in [0.25, 0.3) is 0 Å². The molecule has 2 aromatic rings. The highest BCUT2D eigenvalue weighted by Crippen LogP contribution is 2.30. The average molecular weight is 454 g/mol. The Hall–Kier alpha value is -4.28. The van der Waals surface area contributed by atoms with Crippen molar-refractivity contribution in [1.29, 1.82) is 0 Å². The van der Waals surface area contributed by atoms with Gasteiger partial charge >= 0.3 is 12.0 Å². The number of amides is 4. The number of benzene rings is 2. The Morgan fingerprint density at radius 2 is 1.73 bits per heavy atom. The first-order valence-electron chi connectivity index (χ1n) is 10.0. The third-order valence-corrected chi connectivity index (χ3v) is 4.98. The van der Waals surface area contributed by atoms with Gasteiger partial charge in [-0.15, -0.1) is 0 Å². The summed E-state index contributed by atoms with van der Waals surface area (Å²) >= 11 is 0. The van der Waals surface area contributed by atoms with Crippen LogP contribution in [-0.2, 0) is 19.9 Å². The lowest BCUT2D eigenvalue weighted by Gasteiger charge is -2.22.